The number of aromatic nitrogens is 2. The molecule has 5 heteroatoms. The van der Waals surface area contributed by atoms with Crippen LogP contribution in [0, 0.1) is 5.92 Å². The number of hydrogen-bond donors (Lipinski definition) is 3. The van der Waals surface area contributed by atoms with Crippen LogP contribution in [0.1, 0.15) is 57.9 Å². The van der Waals surface area contributed by atoms with E-state index in [4.69, 9.17) is 5.84 Å². The first kappa shape index (κ1) is 14.1. The van der Waals surface area contributed by atoms with Crippen molar-refractivity contribution in [3.8, 4) is 0 Å². The van der Waals surface area contributed by atoms with Gasteiger partial charge in [0, 0.05) is 11.6 Å². The van der Waals surface area contributed by atoms with E-state index in [0.717, 1.165) is 17.3 Å². The van der Waals surface area contributed by atoms with Crippen molar-refractivity contribution < 1.29 is 0 Å². The molecule has 19 heavy (non-hydrogen) atoms. The van der Waals surface area contributed by atoms with Crippen LogP contribution in [-0.4, -0.2) is 16.0 Å². The molecule has 2 rings (SSSR count). The molecule has 1 heterocycles. The van der Waals surface area contributed by atoms with E-state index in [1.165, 1.54) is 25.7 Å². The van der Waals surface area contributed by atoms with Crippen LogP contribution in [0.2, 0.25) is 0 Å². The Kier molecular flexibility index (Phi) is 4.58. The van der Waals surface area contributed by atoms with Gasteiger partial charge in [0.1, 0.15) is 18.0 Å². The zero-order valence-corrected chi connectivity index (χ0v) is 12.1. The fraction of sp³-hybridized carbons (Fsp3) is 0.714. The summed E-state index contributed by atoms with van der Waals surface area (Å²) in [6, 6.07) is 0.445. The summed E-state index contributed by atoms with van der Waals surface area (Å²) in [6.07, 6.45) is 6.90. The predicted molar refractivity (Wildman–Crippen MR) is 79.0 cm³/mol. The van der Waals surface area contributed by atoms with Crippen LogP contribution in [0.15, 0.2) is 6.33 Å². The van der Waals surface area contributed by atoms with Crippen molar-refractivity contribution in [1.29, 1.82) is 0 Å². The molecule has 0 radical (unpaired) electrons. The van der Waals surface area contributed by atoms with Gasteiger partial charge in [0.25, 0.3) is 0 Å². The lowest BCUT2D eigenvalue weighted by Crippen LogP contribution is -2.26. The zero-order valence-electron chi connectivity index (χ0n) is 12.1. The highest BCUT2D eigenvalue weighted by molar-refractivity contribution is 5.58. The smallest absolute Gasteiger partial charge is 0.148 e. The van der Waals surface area contributed by atoms with Crippen molar-refractivity contribution in [1.82, 2.24) is 9.97 Å². The second-order valence-corrected chi connectivity index (χ2v) is 5.76. The number of hydrazine groups is 1. The summed E-state index contributed by atoms with van der Waals surface area (Å²) in [7, 11) is 0. The first-order valence-electron chi connectivity index (χ1n) is 7.21. The van der Waals surface area contributed by atoms with E-state index in [1.54, 1.807) is 6.33 Å². The molecule has 5 nitrogen and oxygen atoms in total. The van der Waals surface area contributed by atoms with Crippen LogP contribution < -0.4 is 16.6 Å². The monoisotopic (exact) mass is 263 g/mol. The molecule has 0 bridgehead atoms. The Balaban J connectivity index is 2.18. The first-order chi connectivity index (χ1) is 9.13. The minimum atomic E-state index is 0.325. The van der Waals surface area contributed by atoms with Gasteiger partial charge in [0.2, 0.25) is 0 Å². The second kappa shape index (κ2) is 6.19. The number of nitrogens with one attached hydrogen (secondary N) is 2. The topological polar surface area (TPSA) is 75.9 Å². The Bertz CT molecular complexity index is 412. The van der Waals surface area contributed by atoms with Crippen LogP contribution >= 0.6 is 0 Å². The van der Waals surface area contributed by atoms with Gasteiger partial charge >= 0.3 is 0 Å². The number of nitrogen functional groups attached to an aromatic ring is 1. The molecule has 1 fully saturated rings. The highest BCUT2D eigenvalue weighted by Crippen LogP contribution is 2.32. The first-order valence-corrected chi connectivity index (χ1v) is 7.21. The number of nitrogens with two attached hydrogens (primary N) is 1. The zero-order chi connectivity index (χ0) is 13.8. The van der Waals surface area contributed by atoms with Crippen molar-refractivity contribution in [2.75, 3.05) is 10.7 Å². The maximum absolute atomic E-state index is 5.54. The summed E-state index contributed by atoms with van der Waals surface area (Å²) < 4.78 is 0. The number of anilines is 2. The largest absolute Gasteiger partial charge is 0.367 e. The third kappa shape index (κ3) is 3.15. The van der Waals surface area contributed by atoms with E-state index in [1.807, 2.05) is 0 Å². The lowest BCUT2D eigenvalue weighted by atomic mass is 9.98. The summed E-state index contributed by atoms with van der Waals surface area (Å²) in [5, 5.41) is 3.56. The van der Waals surface area contributed by atoms with Crippen molar-refractivity contribution in [2.24, 2.45) is 11.8 Å². The number of hydrogen-bond acceptors (Lipinski definition) is 5. The minimum absolute atomic E-state index is 0.325. The van der Waals surface area contributed by atoms with E-state index in [9.17, 15) is 0 Å². The van der Waals surface area contributed by atoms with E-state index in [-0.39, 0.29) is 0 Å². The molecule has 1 aliphatic carbocycles. The van der Waals surface area contributed by atoms with Gasteiger partial charge in [-0.3, -0.25) is 0 Å². The maximum Gasteiger partial charge on any atom is 0.148 e. The van der Waals surface area contributed by atoms with E-state index < -0.39 is 0 Å². The number of rotatable bonds is 5. The molecule has 0 aliphatic heterocycles. The Labute approximate surface area is 115 Å². The Morgan fingerprint density at radius 3 is 2.37 bits per heavy atom. The van der Waals surface area contributed by atoms with E-state index in [2.05, 4.69) is 41.5 Å². The quantitative estimate of drug-likeness (QED) is 0.562. The van der Waals surface area contributed by atoms with E-state index in [0.29, 0.717) is 17.8 Å². The lowest BCUT2D eigenvalue weighted by molar-refractivity contribution is 0.480. The van der Waals surface area contributed by atoms with Crippen molar-refractivity contribution in [3.63, 3.8) is 0 Å². The summed E-state index contributed by atoms with van der Waals surface area (Å²) in [6.45, 7) is 6.51. The van der Waals surface area contributed by atoms with Gasteiger partial charge < -0.3 is 10.7 Å². The molecule has 0 spiro atoms. The van der Waals surface area contributed by atoms with Gasteiger partial charge in [-0.1, -0.05) is 26.7 Å². The standard InChI is InChI=1S/C14H25N5/c1-9(2)12-13(16-8-17-14(12)19-15)18-10(3)11-6-4-5-7-11/h8-11H,4-7,15H2,1-3H3,(H2,16,17,18,19). The van der Waals surface area contributed by atoms with Gasteiger partial charge in [-0.15, -0.1) is 0 Å². The predicted octanol–water partition coefficient (Wildman–Crippen LogP) is 2.88. The summed E-state index contributed by atoms with van der Waals surface area (Å²) in [4.78, 5) is 8.60. The molecule has 1 saturated carbocycles. The fourth-order valence-corrected chi connectivity index (χ4v) is 2.96. The molecule has 0 saturated heterocycles. The molecule has 0 amide bonds. The van der Waals surface area contributed by atoms with Crippen LogP contribution in [-0.2, 0) is 0 Å². The minimum Gasteiger partial charge on any atom is -0.367 e. The van der Waals surface area contributed by atoms with E-state index >= 15 is 0 Å². The number of nitrogens with zero attached hydrogens (tertiary/aromatic N) is 2. The average Bonchev–Trinajstić information content (AvgIpc) is 2.92. The molecule has 0 aromatic carbocycles. The second-order valence-electron chi connectivity index (χ2n) is 5.76. The van der Waals surface area contributed by atoms with Crippen molar-refractivity contribution >= 4 is 11.6 Å². The Morgan fingerprint density at radius 2 is 1.79 bits per heavy atom. The summed E-state index contributed by atoms with van der Waals surface area (Å²) >= 11 is 0. The Hall–Kier alpha value is -1.36. The van der Waals surface area contributed by atoms with Crippen LogP contribution in [0.25, 0.3) is 0 Å². The van der Waals surface area contributed by atoms with Gasteiger partial charge in [-0.25, -0.2) is 15.8 Å². The van der Waals surface area contributed by atoms with Crippen LogP contribution in [0.3, 0.4) is 0 Å². The summed E-state index contributed by atoms with van der Waals surface area (Å²) in [5.41, 5.74) is 3.73. The van der Waals surface area contributed by atoms with Gasteiger partial charge in [-0.05, 0) is 31.6 Å². The average molecular weight is 263 g/mol. The highest BCUT2D eigenvalue weighted by Gasteiger charge is 2.23. The fourth-order valence-electron chi connectivity index (χ4n) is 2.96. The van der Waals surface area contributed by atoms with Crippen LogP contribution in [0.5, 0.6) is 0 Å². The van der Waals surface area contributed by atoms with Crippen molar-refractivity contribution in [2.45, 2.75) is 58.4 Å². The third-order valence-corrected chi connectivity index (χ3v) is 4.07. The highest BCUT2D eigenvalue weighted by atomic mass is 15.3. The van der Waals surface area contributed by atoms with Crippen LogP contribution in [0.4, 0.5) is 11.6 Å². The summed E-state index contributed by atoms with van der Waals surface area (Å²) in [5.74, 6) is 8.25. The van der Waals surface area contributed by atoms with Gasteiger partial charge in [0.05, 0.1) is 0 Å². The molecule has 1 aromatic rings. The third-order valence-electron chi connectivity index (χ3n) is 4.07. The molecule has 4 N–H and O–H groups in total. The molecule has 1 aromatic heterocycles. The normalized spacial score (nSPS) is 17.7. The molecule has 1 aliphatic rings. The molecular weight excluding hydrogens is 238 g/mol. The maximum atomic E-state index is 5.54. The SMILES string of the molecule is CC(C)c1c(NN)ncnc1NC(C)C1CCCC1. The molecule has 106 valence electrons. The van der Waals surface area contributed by atoms with Gasteiger partial charge in [0.15, 0.2) is 0 Å². The molecule has 1 unspecified atom stereocenters. The molecule has 1 atom stereocenters. The van der Waals surface area contributed by atoms with Gasteiger partial charge in [-0.2, -0.15) is 0 Å². The van der Waals surface area contributed by atoms with Crippen molar-refractivity contribution in [3.05, 3.63) is 11.9 Å². The Morgan fingerprint density at radius 1 is 1.16 bits per heavy atom. The molecular formula is C14H25N5. The lowest BCUT2D eigenvalue weighted by Gasteiger charge is -2.24.